The third kappa shape index (κ3) is 2.39. The van der Waals surface area contributed by atoms with Crippen LogP contribution in [0.5, 0.6) is 0 Å². The highest BCUT2D eigenvalue weighted by atomic mass is 35.5. The molecule has 6 heteroatoms. The zero-order valence-corrected chi connectivity index (χ0v) is 13.8. The minimum Gasteiger partial charge on any atom is -0.331 e. The van der Waals surface area contributed by atoms with Crippen LogP contribution >= 0.6 is 35.4 Å². The van der Waals surface area contributed by atoms with Crippen LogP contribution in [0, 0.1) is 10.7 Å². The van der Waals surface area contributed by atoms with Crippen LogP contribution in [0.25, 0.3) is 11.0 Å². The summed E-state index contributed by atoms with van der Waals surface area (Å²) in [5.41, 5.74) is 2.00. The second-order valence-electron chi connectivity index (χ2n) is 5.68. The number of hydrogen-bond acceptors (Lipinski definition) is 2. The first-order valence-corrected chi connectivity index (χ1v) is 7.91. The molecule has 1 N–H and O–H groups in total. The SMILES string of the molecule is CC1CN(C)CCC1n1c(=S)[nH]c2cc(Cl)c(Cl)cc21. The molecule has 2 unspecified atom stereocenters. The van der Waals surface area contributed by atoms with Gasteiger partial charge in [0.05, 0.1) is 21.1 Å². The van der Waals surface area contributed by atoms with Gasteiger partial charge in [0.25, 0.3) is 0 Å². The van der Waals surface area contributed by atoms with Crippen LogP contribution in [0.4, 0.5) is 0 Å². The summed E-state index contributed by atoms with van der Waals surface area (Å²) in [6, 6.07) is 4.17. The van der Waals surface area contributed by atoms with Crippen molar-refractivity contribution in [3.63, 3.8) is 0 Å². The van der Waals surface area contributed by atoms with Crippen molar-refractivity contribution in [3.8, 4) is 0 Å². The molecule has 3 rings (SSSR count). The molecule has 0 aliphatic carbocycles. The number of rotatable bonds is 1. The number of nitrogens with zero attached hydrogens (tertiary/aromatic N) is 2. The van der Waals surface area contributed by atoms with Gasteiger partial charge in [-0.05, 0) is 50.3 Å². The summed E-state index contributed by atoms with van der Waals surface area (Å²) in [6.45, 7) is 4.45. The molecule has 1 aliphatic heterocycles. The van der Waals surface area contributed by atoms with Crippen molar-refractivity contribution in [2.75, 3.05) is 20.1 Å². The topological polar surface area (TPSA) is 24.0 Å². The van der Waals surface area contributed by atoms with E-state index in [0.717, 1.165) is 35.3 Å². The van der Waals surface area contributed by atoms with Crippen LogP contribution in [-0.4, -0.2) is 34.6 Å². The van der Waals surface area contributed by atoms with Crippen molar-refractivity contribution in [3.05, 3.63) is 26.9 Å². The van der Waals surface area contributed by atoms with Gasteiger partial charge in [0, 0.05) is 12.6 Å². The van der Waals surface area contributed by atoms with E-state index in [2.05, 4.69) is 28.4 Å². The van der Waals surface area contributed by atoms with Gasteiger partial charge in [0.15, 0.2) is 4.77 Å². The first-order valence-electron chi connectivity index (χ1n) is 6.75. The summed E-state index contributed by atoms with van der Waals surface area (Å²) in [4.78, 5) is 5.61. The molecule has 0 amide bonds. The maximum atomic E-state index is 6.17. The van der Waals surface area contributed by atoms with Gasteiger partial charge in [-0.2, -0.15) is 0 Å². The minimum atomic E-state index is 0.407. The van der Waals surface area contributed by atoms with Crippen molar-refractivity contribution < 1.29 is 0 Å². The highest BCUT2D eigenvalue weighted by Gasteiger charge is 2.27. The molecule has 1 aliphatic rings. The number of fused-ring (bicyclic) bond motifs is 1. The number of imidazole rings is 1. The lowest BCUT2D eigenvalue weighted by Crippen LogP contribution is -2.37. The zero-order valence-electron chi connectivity index (χ0n) is 11.5. The van der Waals surface area contributed by atoms with Gasteiger partial charge in [-0.1, -0.05) is 30.1 Å². The molecule has 20 heavy (non-hydrogen) atoms. The average Bonchev–Trinajstić information content (AvgIpc) is 2.66. The van der Waals surface area contributed by atoms with Gasteiger partial charge in [0.1, 0.15) is 0 Å². The molecule has 3 nitrogen and oxygen atoms in total. The van der Waals surface area contributed by atoms with Crippen LogP contribution in [0.3, 0.4) is 0 Å². The average molecular weight is 330 g/mol. The molecular formula is C14H17Cl2N3S. The van der Waals surface area contributed by atoms with E-state index in [1.807, 2.05) is 12.1 Å². The van der Waals surface area contributed by atoms with Crippen molar-refractivity contribution >= 4 is 46.5 Å². The van der Waals surface area contributed by atoms with E-state index >= 15 is 0 Å². The predicted octanol–water partition coefficient (Wildman–Crippen LogP) is 4.52. The molecule has 1 aromatic carbocycles. The molecule has 2 heterocycles. The van der Waals surface area contributed by atoms with Gasteiger partial charge >= 0.3 is 0 Å². The normalized spacial score (nSPS) is 24.4. The van der Waals surface area contributed by atoms with Gasteiger partial charge in [-0.25, -0.2) is 0 Å². The van der Waals surface area contributed by atoms with Gasteiger partial charge in [-0.15, -0.1) is 0 Å². The fraction of sp³-hybridized carbons (Fsp3) is 0.500. The Kier molecular flexibility index (Phi) is 3.84. The fourth-order valence-electron chi connectivity index (χ4n) is 3.18. The number of benzene rings is 1. The molecule has 1 aromatic heterocycles. The molecule has 0 saturated carbocycles. The zero-order chi connectivity index (χ0) is 14.4. The number of likely N-dealkylation sites (tertiary alicyclic amines) is 1. The second-order valence-corrected chi connectivity index (χ2v) is 6.88. The summed E-state index contributed by atoms with van der Waals surface area (Å²) in [5, 5.41) is 1.13. The Morgan fingerprint density at radius 1 is 1.30 bits per heavy atom. The quantitative estimate of drug-likeness (QED) is 0.778. The molecule has 2 atom stereocenters. The summed E-state index contributed by atoms with van der Waals surface area (Å²) in [6.07, 6.45) is 1.10. The summed E-state index contributed by atoms with van der Waals surface area (Å²) in [5.74, 6) is 0.550. The fourth-order valence-corrected chi connectivity index (χ4v) is 3.84. The molecule has 1 saturated heterocycles. The number of piperidine rings is 1. The standard InChI is InChI=1S/C14H17Cl2N3S/c1-8-7-18(2)4-3-12(8)19-13-6-10(16)9(15)5-11(13)17-14(19)20/h5-6,8,12H,3-4,7H2,1-2H3,(H,17,20). The lowest BCUT2D eigenvalue weighted by atomic mass is 9.94. The van der Waals surface area contributed by atoms with Crippen LogP contribution in [-0.2, 0) is 0 Å². The minimum absolute atomic E-state index is 0.407. The predicted molar refractivity (Wildman–Crippen MR) is 87.5 cm³/mol. The highest BCUT2D eigenvalue weighted by Crippen LogP contribution is 2.34. The molecule has 108 valence electrons. The largest absolute Gasteiger partial charge is 0.331 e. The summed E-state index contributed by atoms with van der Waals surface area (Å²) >= 11 is 17.8. The lowest BCUT2D eigenvalue weighted by molar-refractivity contribution is 0.160. The smallest absolute Gasteiger partial charge is 0.178 e. The van der Waals surface area contributed by atoms with E-state index in [9.17, 15) is 0 Å². The second kappa shape index (κ2) is 5.34. The van der Waals surface area contributed by atoms with E-state index in [4.69, 9.17) is 35.4 Å². The van der Waals surface area contributed by atoms with Crippen LogP contribution in [0.15, 0.2) is 12.1 Å². The summed E-state index contributed by atoms with van der Waals surface area (Å²) < 4.78 is 2.96. The molecule has 2 aromatic rings. The van der Waals surface area contributed by atoms with E-state index in [1.54, 1.807) is 0 Å². The van der Waals surface area contributed by atoms with Crippen LogP contribution in [0.1, 0.15) is 19.4 Å². The molecule has 0 radical (unpaired) electrons. The maximum Gasteiger partial charge on any atom is 0.178 e. The number of H-pyrrole nitrogens is 1. The number of aromatic amines is 1. The Bertz CT molecular complexity index is 706. The Labute approximate surface area is 133 Å². The Morgan fingerprint density at radius 2 is 2.00 bits per heavy atom. The number of aromatic nitrogens is 2. The highest BCUT2D eigenvalue weighted by molar-refractivity contribution is 7.71. The first kappa shape index (κ1) is 14.4. The van der Waals surface area contributed by atoms with Crippen LogP contribution in [0.2, 0.25) is 10.0 Å². The summed E-state index contributed by atoms with van der Waals surface area (Å²) in [7, 11) is 2.16. The van der Waals surface area contributed by atoms with E-state index in [-0.39, 0.29) is 0 Å². The van der Waals surface area contributed by atoms with Crippen molar-refractivity contribution in [2.45, 2.75) is 19.4 Å². The Morgan fingerprint density at radius 3 is 2.70 bits per heavy atom. The first-order chi connectivity index (χ1) is 9.47. The molecular weight excluding hydrogens is 313 g/mol. The van der Waals surface area contributed by atoms with Gasteiger partial charge < -0.3 is 14.5 Å². The maximum absolute atomic E-state index is 6.17. The molecule has 0 spiro atoms. The van der Waals surface area contributed by atoms with Gasteiger partial charge in [-0.3, -0.25) is 0 Å². The van der Waals surface area contributed by atoms with E-state index in [0.29, 0.717) is 22.0 Å². The van der Waals surface area contributed by atoms with Crippen molar-refractivity contribution in [1.82, 2.24) is 14.5 Å². The lowest BCUT2D eigenvalue weighted by Gasteiger charge is -2.35. The third-order valence-electron chi connectivity index (χ3n) is 4.15. The van der Waals surface area contributed by atoms with E-state index in [1.165, 1.54) is 0 Å². The van der Waals surface area contributed by atoms with Crippen LogP contribution < -0.4 is 0 Å². The van der Waals surface area contributed by atoms with Crippen molar-refractivity contribution in [2.24, 2.45) is 5.92 Å². The van der Waals surface area contributed by atoms with Gasteiger partial charge in [0.2, 0.25) is 0 Å². The number of hydrogen-bond donors (Lipinski definition) is 1. The number of halogens is 2. The van der Waals surface area contributed by atoms with E-state index < -0.39 is 0 Å². The Hall–Kier alpha value is -0.550. The molecule has 1 fully saturated rings. The number of nitrogens with one attached hydrogen (secondary N) is 1. The van der Waals surface area contributed by atoms with Crippen molar-refractivity contribution in [1.29, 1.82) is 0 Å². The Balaban J connectivity index is 2.13. The third-order valence-corrected chi connectivity index (χ3v) is 5.17. The monoisotopic (exact) mass is 329 g/mol. The molecule has 0 bridgehead atoms.